The van der Waals surface area contributed by atoms with Crippen LogP contribution in [-0.2, 0) is 16.2 Å². The molecule has 0 unspecified atom stereocenters. The highest BCUT2D eigenvalue weighted by molar-refractivity contribution is 5.98. The molecule has 0 aliphatic carbocycles. The van der Waals surface area contributed by atoms with Gasteiger partial charge in [0.1, 0.15) is 11.6 Å². The summed E-state index contributed by atoms with van der Waals surface area (Å²) in [5.41, 5.74) is 10.8. The fraction of sp³-hybridized carbons (Fsp3) is 0.300. The van der Waals surface area contributed by atoms with E-state index in [0.717, 1.165) is 55.7 Å². The molecular weight excluding hydrogens is 779 g/mol. The number of hydrogen-bond donors (Lipinski definition) is 1. The van der Waals surface area contributed by atoms with E-state index >= 15 is 0 Å². The Morgan fingerprint density at radius 2 is 1.22 bits per heavy atom. The molecule has 0 radical (unpaired) electrons. The number of phenolic OH excluding ortho intramolecular Hbond substituents is 1. The molecule has 0 atom stereocenters. The summed E-state index contributed by atoms with van der Waals surface area (Å²) < 4.78 is 72.0. The molecule has 8 rings (SSSR count). The fourth-order valence-electron chi connectivity index (χ4n) is 8.26. The van der Waals surface area contributed by atoms with E-state index in [0.29, 0.717) is 22.5 Å². The standard InChI is InChI=1S/C60H65N3O/c1-37(2)42-33-50(38(3)4)56(64)51(34-42)57-62-55-49(43-30-44(32-47(31-43)60(11,12)13)52-35-41(28-29-61-52)39-18-15-14-16-19-39)20-17-21-53(55)63(57)54-36-46(59(8,9)10)26-27-48(54)40-22-24-45(25-23-40)58(5,6)7/h14-38,64H,1-13H3/i14D,15D,16D,18D,19D,28D,29D,35D. The van der Waals surface area contributed by atoms with Crippen molar-refractivity contribution in [2.75, 3.05) is 0 Å². The molecule has 8 aromatic rings. The number of para-hydroxylation sites is 1. The lowest BCUT2D eigenvalue weighted by Crippen LogP contribution is -2.13. The van der Waals surface area contributed by atoms with Gasteiger partial charge in [0.05, 0.1) is 38.9 Å². The Kier molecular flexibility index (Phi) is 9.17. The fourth-order valence-corrected chi connectivity index (χ4v) is 8.26. The molecule has 0 aliphatic rings. The van der Waals surface area contributed by atoms with E-state index in [2.05, 4.69) is 166 Å². The lowest BCUT2D eigenvalue weighted by Gasteiger charge is -2.24. The van der Waals surface area contributed by atoms with Crippen molar-refractivity contribution in [1.29, 1.82) is 0 Å². The highest BCUT2D eigenvalue weighted by atomic mass is 16.3. The number of hydrogen-bond acceptors (Lipinski definition) is 3. The van der Waals surface area contributed by atoms with Gasteiger partial charge in [0.2, 0.25) is 0 Å². The van der Waals surface area contributed by atoms with Gasteiger partial charge in [0, 0.05) is 22.9 Å². The van der Waals surface area contributed by atoms with Crippen LogP contribution in [-0.4, -0.2) is 19.6 Å². The average molecular weight is 852 g/mol. The topological polar surface area (TPSA) is 50.9 Å². The first-order valence-corrected chi connectivity index (χ1v) is 22.4. The van der Waals surface area contributed by atoms with Crippen LogP contribution in [0.2, 0.25) is 0 Å². The number of benzene rings is 6. The molecule has 1 N–H and O–H groups in total. The zero-order chi connectivity index (χ0) is 52.8. The van der Waals surface area contributed by atoms with Crippen molar-refractivity contribution in [3.8, 4) is 67.5 Å². The summed E-state index contributed by atoms with van der Waals surface area (Å²) >= 11 is 0. The van der Waals surface area contributed by atoms with E-state index in [-0.39, 0.29) is 51.3 Å². The second-order valence-electron chi connectivity index (χ2n) is 20.8. The van der Waals surface area contributed by atoms with E-state index in [9.17, 15) is 6.48 Å². The smallest absolute Gasteiger partial charge is 0.149 e. The zero-order valence-electron chi connectivity index (χ0n) is 47.6. The van der Waals surface area contributed by atoms with Crippen molar-refractivity contribution in [1.82, 2.24) is 14.5 Å². The summed E-state index contributed by atoms with van der Waals surface area (Å²) in [5, 5.41) is 12.5. The Morgan fingerprint density at radius 3 is 1.86 bits per heavy atom. The SMILES string of the molecule is [2H]c1nc(-c2cc(-c3cccc4c3nc(-c3cc(C(C)C)cc(C(C)C)c3O)n4-c3cc(C(C)(C)C)ccc3-c3ccc(C(C)(C)C)cc3)cc(C(C)(C)C)c2)c([2H])c(-c2c([2H])c([2H])c([2H])c([2H])c2[2H])c1[2H]. The molecule has 0 aliphatic heterocycles. The van der Waals surface area contributed by atoms with Crippen LogP contribution in [0.15, 0.2) is 139 Å². The van der Waals surface area contributed by atoms with E-state index in [1.807, 2.05) is 24.3 Å². The van der Waals surface area contributed by atoms with Crippen LogP contribution in [0.4, 0.5) is 0 Å². The number of phenols is 1. The number of fused-ring (bicyclic) bond motifs is 1. The maximum atomic E-state index is 12.5. The number of aromatic hydroxyl groups is 1. The summed E-state index contributed by atoms with van der Waals surface area (Å²) in [4.78, 5) is 10.1. The van der Waals surface area contributed by atoms with Crippen molar-refractivity contribution < 1.29 is 16.1 Å². The maximum absolute atomic E-state index is 12.5. The van der Waals surface area contributed by atoms with E-state index in [1.165, 1.54) is 5.56 Å². The normalized spacial score (nSPS) is 14.2. The van der Waals surface area contributed by atoms with Crippen molar-refractivity contribution in [2.24, 2.45) is 0 Å². The molecule has 4 nitrogen and oxygen atoms in total. The van der Waals surface area contributed by atoms with Gasteiger partial charge in [-0.05, 0) is 121 Å². The third-order valence-corrected chi connectivity index (χ3v) is 12.3. The van der Waals surface area contributed by atoms with Gasteiger partial charge in [0.15, 0.2) is 0 Å². The van der Waals surface area contributed by atoms with Crippen molar-refractivity contribution >= 4 is 11.0 Å². The maximum Gasteiger partial charge on any atom is 0.149 e. The van der Waals surface area contributed by atoms with Crippen molar-refractivity contribution in [3.63, 3.8) is 0 Å². The first-order chi connectivity index (χ1) is 33.5. The molecule has 0 saturated carbocycles. The molecule has 2 heterocycles. The van der Waals surface area contributed by atoms with E-state index in [1.54, 1.807) is 0 Å². The van der Waals surface area contributed by atoms with Crippen molar-refractivity contribution in [3.05, 3.63) is 167 Å². The Balaban J connectivity index is 1.49. The number of aromatic nitrogens is 3. The Labute approximate surface area is 393 Å². The van der Waals surface area contributed by atoms with Gasteiger partial charge in [-0.1, -0.05) is 181 Å². The van der Waals surface area contributed by atoms with Crippen LogP contribution >= 0.6 is 0 Å². The minimum atomic E-state index is -0.598. The van der Waals surface area contributed by atoms with Gasteiger partial charge in [-0.15, -0.1) is 0 Å². The predicted molar refractivity (Wildman–Crippen MR) is 272 cm³/mol. The van der Waals surface area contributed by atoms with Gasteiger partial charge in [-0.3, -0.25) is 9.55 Å². The number of rotatable bonds is 8. The quantitative estimate of drug-likeness (QED) is 0.166. The molecular formula is C60H65N3O. The van der Waals surface area contributed by atoms with Gasteiger partial charge in [-0.2, -0.15) is 0 Å². The van der Waals surface area contributed by atoms with Crippen LogP contribution in [0.25, 0.3) is 72.7 Å². The van der Waals surface area contributed by atoms with Crippen LogP contribution in [0.3, 0.4) is 0 Å². The van der Waals surface area contributed by atoms with E-state index in [4.69, 9.17) is 14.6 Å². The predicted octanol–water partition coefficient (Wildman–Crippen LogP) is 16.6. The van der Waals surface area contributed by atoms with Crippen LogP contribution in [0, 0.1) is 0 Å². The van der Waals surface area contributed by atoms with Gasteiger partial charge in [0.25, 0.3) is 0 Å². The molecule has 0 bridgehead atoms. The molecule has 6 aromatic carbocycles. The number of pyridine rings is 1. The Hall–Kier alpha value is -6.26. The van der Waals surface area contributed by atoms with Crippen LogP contribution in [0.1, 0.15) is 141 Å². The van der Waals surface area contributed by atoms with Gasteiger partial charge < -0.3 is 5.11 Å². The van der Waals surface area contributed by atoms with Crippen molar-refractivity contribution in [2.45, 2.75) is 118 Å². The van der Waals surface area contributed by atoms with Crippen LogP contribution in [0.5, 0.6) is 5.75 Å². The van der Waals surface area contributed by atoms with Gasteiger partial charge >= 0.3 is 0 Å². The molecule has 4 heteroatoms. The lowest BCUT2D eigenvalue weighted by atomic mass is 9.83. The summed E-state index contributed by atoms with van der Waals surface area (Å²) in [5.74, 6) is 0.897. The molecule has 2 aromatic heterocycles. The highest BCUT2D eigenvalue weighted by Crippen LogP contribution is 2.45. The summed E-state index contributed by atoms with van der Waals surface area (Å²) in [6, 6.07) is 27.7. The zero-order valence-corrected chi connectivity index (χ0v) is 39.6. The third-order valence-electron chi connectivity index (χ3n) is 12.3. The first kappa shape index (κ1) is 35.1. The second kappa shape index (κ2) is 16.7. The Bertz CT molecular complexity index is 3430. The second-order valence-corrected chi connectivity index (χ2v) is 20.8. The summed E-state index contributed by atoms with van der Waals surface area (Å²) in [6.45, 7) is 27.9. The summed E-state index contributed by atoms with van der Waals surface area (Å²) in [7, 11) is 0. The minimum Gasteiger partial charge on any atom is -0.507 e. The molecule has 0 fully saturated rings. The Morgan fingerprint density at radius 1 is 0.562 bits per heavy atom. The molecule has 326 valence electrons. The first-order valence-electron chi connectivity index (χ1n) is 26.4. The number of nitrogens with zero attached hydrogens (tertiary/aromatic N) is 3. The van der Waals surface area contributed by atoms with E-state index < -0.39 is 47.8 Å². The molecule has 0 amide bonds. The average Bonchev–Trinajstić information content (AvgIpc) is 3.70. The lowest BCUT2D eigenvalue weighted by molar-refractivity contribution is 0.466. The minimum absolute atomic E-state index is 0.0143. The number of imidazole rings is 1. The largest absolute Gasteiger partial charge is 0.507 e. The third kappa shape index (κ3) is 8.68. The molecule has 0 spiro atoms. The van der Waals surface area contributed by atoms with Crippen LogP contribution < -0.4 is 0 Å². The molecule has 0 saturated heterocycles. The highest BCUT2D eigenvalue weighted by Gasteiger charge is 2.27. The van der Waals surface area contributed by atoms with Gasteiger partial charge in [-0.25, -0.2) is 4.98 Å². The molecule has 64 heavy (non-hydrogen) atoms. The monoisotopic (exact) mass is 852 g/mol. The summed E-state index contributed by atoms with van der Waals surface area (Å²) in [6.07, 6.45) is -0.499.